The number of amides is 2. The molecule has 0 aliphatic carbocycles. The van der Waals surface area contributed by atoms with Crippen molar-refractivity contribution in [3.05, 3.63) is 59.0 Å². The Kier molecular flexibility index (Phi) is 4.67. The van der Waals surface area contributed by atoms with Crippen molar-refractivity contribution in [2.45, 2.75) is 12.8 Å². The van der Waals surface area contributed by atoms with E-state index in [1.807, 2.05) is 46.7 Å². The van der Waals surface area contributed by atoms with Crippen molar-refractivity contribution in [3.8, 4) is 0 Å². The molecule has 0 radical (unpaired) electrons. The molecule has 1 N–H and O–H groups in total. The molecule has 26 heavy (non-hydrogen) atoms. The van der Waals surface area contributed by atoms with E-state index < -0.39 is 0 Å². The molecule has 1 fully saturated rings. The van der Waals surface area contributed by atoms with Gasteiger partial charge in [-0.05, 0) is 36.4 Å². The summed E-state index contributed by atoms with van der Waals surface area (Å²) in [6.07, 6.45) is 4.90. The lowest BCUT2D eigenvalue weighted by Gasteiger charge is -2.31. The fourth-order valence-electron chi connectivity index (χ4n) is 3.37. The van der Waals surface area contributed by atoms with Gasteiger partial charge in [-0.1, -0.05) is 18.2 Å². The maximum atomic E-state index is 12.7. The zero-order chi connectivity index (χ0) is 17.9. The Morgan fingerprint density at radius 3 is 2.73 bits per heavy atom. The van der Waals surface area contributed by atoms with Crippen LogP contribution in [-0.4, -0.2) is 34.8 Å². The number of hydrogen-bond donors (Lipinski definition) is 1. The maximum Gasteiger partial charge on any atom is 0.263 e. The molecule has 2 amide bonds. The van der Waals surface area contributed by atoms with Crippen LogP contribution in [0.15, 0.2) is 54.2 Å². The molecule has 0 saturated carbocycles. The average molecular weight is 365 g/mol. The van der Waals surface area contributed by atoms with Crippen LogP contribution in [0.5, 0.6) is 0 Å². The Morgan fingerprint density at radius 2 is 1.96 bits per heavy atom. The van der Waals surface area contributed by atoms with Crippen LogP contribution in [0.2, 0.25) is 0 Å². The van der Waals surface area contributed by atoms with Gasteiger partial charge in [-0.15, -0.1) is 11.3 Å². The van der Waals surface area contributed by atoms with Gasteiger partial charge in [0.1, 0.15) is 0 Å². The molecule has 2 aromatic heterocycles. The second kappa shape index (κ2) is 7.25. The van der Waals surface area contributed by atoms with E-state index in [-0.39, 0.29) is 17.7 Å². The Hall–Kier alpha value is -2.73. The number of nitrogens with zero attached hydrogens (tertiary/aromatic N) is 2. The van der Waals surface area contributed by atoms with Gasteiger partial charge in [-0.3, -0.25) is 14.6 Å². The van der Waals surface area contributed by atoms with Gasteiger partial charge in [0.15, 0.2) is 0 Å². The van der Waals surface area contributed by atoms with Crippen LogP contribution in [0.1, 0.15) is 22.5 Å². The van der Waals surface area contributed by atoms with Gasteiger partial charge in [0.2, 0.25) is 5.91 Å². The average Bonchev–Trinajstić information content (AvgIpc) is 3.23. The summed E-state index contributed by atoms with van der Waals surface area (Å²) in [5, 5.41) is 6.96. The minimum atomic E-state index is -0.0699. The Labute approximate surface area is 155 Å². The number of fused-ring (bicyclic) bond motifs is 1. The zero-order valence-corrected chi connectivity index (χ0v) is 15.0. The summed E-state index contributed by atoms with van der Waals surface area (Å²) in [6.45, 7) is 1.24. The highest BCUT2D eigenvalue weighted by molar-refractivity contribution is 7.12. The molecular formula is C20H19N3O2S. The van der Waals surface area contributed by atoms with E-state index in [0.29, 0.717) is 25.9 Å². The first-order valence-electron chi connectivity index (χ1n) is 8.69. The van der Waals surface area contributed by atoms with Crippen molar-refractivity contribution in [2.75, 3.05) is 18.4 Å². The predicted octanol–water partition coefficient (Wildman–Crippen LogP) is 3.79. The standard InChI is InChI=1S/C20H19N3O2S/c24-19(22-17-4-1-3-15-13-21-9-6-16(15)17)14-7-10-23(11-8-14)20(25)18-5-2-12-26-18/h1-6,9,12-14H,7-8,10-11H2,(H,22,24). The van der Waals surface area contributed by atoms with Crippen LogP contribution in [-0.2, 0) is 4.79 Å². The first-order chi connectivity index (χ1) is 12.7. The van der Waals surface area contributed by atoms with Gasteiger partial charge in [0.05, 0.1) is 4.88 Å². The Bertz CT molecular complexity index is 926. The van der Waals surface area contributed by atoms with Crippen LogP contribution in [0.4, 0.5) is 5.69 Å². The predicted molar refractivity (Wildman–Crippen MR) is 103 cm³/mol. The van der Waals surface area contributed by atoms with E-state index in [0.717, 1.165) is 21.3 Å². The summed E-state index contributed by atoms with van der Waals surface area (Å²) in [7, 11) is 0. The topological polar surface area (TPSA) is 62.3 Å². The van der Waals surface area contributed by atoms with E-state index in [2.05, 4.69) is 10.3 Å². The lowest BCUT2D eigenvalue weighted by molar-refractivity contribution is -0.121. The Balaban J connectivity index is 1.40. The number of nitrogens with one attached hydrogen (secondary N) is 1. The van der Waals surface area contributed by atoms with E-state index >= 15 is 0 Å². The lowest BCUT2D eigenvalue weighted by Crippen LogP contribution is -2.41. The largest absolute Gasteiger partial charge is 0.338 e. The molecule has 1 aromatic carbocycles. The number of thiophene rings is 1. The quantitative estimate of drug-likeness (QED) is 0.768. The lowest BCUT2D eigenvalue weighted by atomic mass is 9.95. The van der Waals surface area contributed by atoms with E-state index in [4.69, 9.17) is 0 Å². The number of piperidine rings is 1. The minimum absolute atomic E-state index is 0.0255. The highest BCUT2D eigenvalue weighted by Crippen LogP contribution is 2.25. The molecule has 5 nitrogen and oxygen atoms in total. The number of hydrogen-bond acceptors (Lipinski definition) is 4. The summed E-state index contributed by atoms with van der Waals surface area (Å²) in [5.41, 5.74) is 0.812. The van der Waals surface area contributed by atoms with Crippen molar-refractivity contribution in [1.29, 1.82) is 0 Å². The molecule has 3 heterocycles. The smallest absolute Gasteiger partial charge is 0.263 e. The molecule has 0 spiro atoms. The second-order valence-electron chi connectivity index (χ2n) is 6.44. The van der Waals surface area contributed by atoms with Gasteiger partial charge >= 0.3 is 0 Å². The molecular weight excluding hydrogens is 346 g/mol. The number of pyridine rings is 1. The maximum absolute atomic E-state index is 12.7. The molecule has 4 rings (SSSR count). The van der Waals surface area contributed by atoms with Crippen LogP contribution < -0.4 is 5.32 Å². The summed E-state index contributed by atoms with van der Waals surface area (Å²) in [6, 6.07) is 11.5. The van der Waals surface area contributed by atoms with Crippen molar-refractivity contribution in [3.63, 3.8) is 0 Å². The first-order valence-corrected chi connectivity index (χ1v) is 9.57. The SMILES string of the molecule is O=C(Nc1cccc2cnccc12)C1CCN(C(=O)c2cccs2)CC1. The van der Waals surface area contributed by atoms with Crippen LogP contribution in [0, 0.1) is 5.92 Å². The number of likely N-dealkylation sites (tertiary alicyclic amines) is 1. The molecule has 1 saturated heterocycles. The fourth-order valence-corrected chi connectivity index (χ4v) is 4.06. The molecule has 132 valence electrons. The number of aromatic nitrogens is 1. The van der Waals surface area contributed by atoms with Crippen molar-refractivity contribution < 1.29 is 9.59 Å². The van der Waals surface area contributed by atoms with Crippen molar-refractivity contribution in [2.24, 2.45) is 5.92 Å². The van der Waals surface area contributed by atoms with Gasteiger partial charge in [0, 0.05) is 47.9 Å². The third-order valence-electron chi connectivity index (χ3n) is 4.82. The van der Waals surface area contributed by atoms with E-state index in [9.17, 15) is 9.59 Å². The summed E-state index contributed by atoms with van der Waals surface area (Å²) in [4.78, 5) is 31.8. The van der Waals surface area contributed by atoms with Crippen molar-refractivity contribution in [1.82, 2.24) is 9.88 Å². The first kappa shape index (κ1) is 16.7. The van der Waals surface area contributed by atoms with E-state index in [1.165, 1.54) is 11.3 Å². The monoisotopic (exact) mass is 365 g/mol. The number of rotatable bonds is 3. The van der Waals surface area contributed by atoms with Crippen molar-refractivity contribution >= 4 is 39.6 Å². The fraction of sp³-hybridized carbons (Fsp3) is 0.250. The third kappa shape index (κ3) is 3.32. The number of benzene rings is 1. The molecule has 0 bridgehead atoms. The zero-order valence-electron chi connectivity index (χ0n) is 14.2. The molecule has 6 heteroatoms. The second-order valence-corrected chi connectivity index (χ2v) is 7.38. The molecule has 1 aliphatic heterocycles. The van der Waals surface area contributed by atoms with Crippen LogP contribution >= 0.6 is 11.3 Å². The molecule has 3 aromatic rings. The molecule has 0 atom stereocenters. The summed E-state index contributed by atoms with van der Waals surface area (Å²) in [5.74, 6) is 0.0254. The highest BCUT2D eigenvalue weighted by Gasteiger charge is 2.28. The number of carbonyl (C=O) groups is 2. The summed E-state index contributed by atoms with van der Waals surface area (Å²) < 4.78 is 0. The number of anilines is 1. The van der Waals surface area contributed by atoms with Gasteiger partial charge in [-0.2, -0.15) is 0 Å². The normalized spacial score (nSPS) is 15.2. The third-order valence-corrected chi connectivity index (χ3v) is 5.68. The van der Waals surface area contributed by atoms with Gasteiger partial charge in [-0.25, -0.2) is 0 Å². The molecule has 1 aliphatic rings. The minimum Gasteiger partial charge on any atom is -0.338 e. The van der Waals surface area contributed by atoms with Crippen LogP contribution in [0.25, 0.3) is 10.8 Å². The van der Waals surface area contributed by atoms with Gasteiger partial charge < -0.3 is 10.2 Å². The Morgan fingerprint density at radius 1 is 1.12 bits per heavy atom. The molecule has 0 unspecified atom stereocenters. The van der Waals surface area contributed by atoms with E-state index in [1.54, 1.807) is 12.4 Å². The number of carbonyl (C=O) groups excluding carboxylic acids is 2. The highest BCUT2D eigenvalue weighted by atomic mass is 32.1. The van der Waals surface area contributed by atoms with Crippen LogP contribution in [0.3, 0.4) is 0 Å². The summed E-state index contributed by atoms with van der Waals surface area (Å²) >= 11 is 1.46. The van der Waals surface area contributed by atoms with Gasteiger partial charge in [0.25, 0.3) is 5.91 Å².